The van der Waals surface area contributed by atoms with Crippen molar-refractivity contribution in [1.29, 1.82) is 0 Å². The lowest BCUT2D eigenvalue weighted by Gasteiger charge is -2.06. The van der Waals surface area contributed by atoms with Gasteiger partial charge >= 0.3 is 0 Å². The molecule has 16 heavy (non-hydrogen) atoms. The maximum atomic E-state index is 5.44. The molecule has 0 saturated heterocycles. The topological polar surface area (TPSA) is 75.7 Å². The van der Waals surface area contributed by atoms with E-state index in [2.05, 4.69) is 32.2 Å². The van der Waals surface area contributed by atoms with Gasteiger partial charge < -0.3 is 15.0 Å². The second-order valence-electron chi connectivity index (χ2n) is 3.31. The summed E-state index contributed by atoms with van der Waals surface area (Å²) in [4.78, 5) is 15.6. The van der Waals surface area contributed by atoms with E-state index in [0.717, 1.165) is 18.5 Å². The van der Waals surface area contributed by atoms with Gasteiger partial charge in [-0.1, -0.05) is 6.92 Å². The second-order valence-corrected chi connectivity index (χ2v) is 3.31. The highest BCUT2D eigenvalue weighted by Crippen LogP contribution is 2.20. The van der Waals surface area contributed by atoms with Crippen molar-refractivity contribution < 1.29 is 4.74 Å². The van der Waals surface area contributed by atoms with Crippen LogP contribution in [0.3, 0.4) is 0 Å². The number of rotatable bonds is 5. The summed E-state index contributed by atoms with van der Waals surface area (Å²) in [6, 6.07) is 0. The van der Waals surface area contributed by atoms with Crippen molar-refractivity contribution in [3.05, 3.63) is 6.33 Å². The van der Waals surface area contributed by atoms with E-state index in [1.165, 1.54) is 0 Å². The quantitative estimate of drug-likeness (QED) is 0.801. The molecule has 0 bridgehead atoms. The lowest BCUT2D eigenvalue weighted by molar-refractivity contribution is 0.330. The molecule has 0 spiro atoms. The van der Waals surface area contributed by atoms with E-state index in [1.54, 1.807) is 6.33 Å². The van der Waals surface area contributed by atoms with Gasteiger partial charge in [-0.25, -0.2) is 4.98 Å². The Bertz CT molecular complexity index is 467. The van der Waals surface area contributed by atoms with Crippen molar-refractivity contribution in [1.82, 2.24) is 19.9 Å². The minimum absolute atomic E-state index is 0.545. The summed E-state index contributed by atoms with van der Waals surface area (Å²) in [6.07, 6.45) is 2.61. The number of anilines is 1. The molecule has 6 heteroatoms. The predicted molar refractivity (Wildman–Crippen MR) is 61.6 cm³/mol. The first-order valence-corrected chi connectivity index (χ1v) is 5.43. The maximum absolute atomic E-state index is 5.44. The first kappa shape index (κ1) is 10.7. The Kier molecular flexibility index (Phi) is 3.19. The fourth-order valence-electron chi connectivity index (χ4n) is 1.36. The molecule has 0 aromatic carbocycles. The molecule has 0 atom stereocenters. The van der Waals surface area contributed by atoms with Crippen LogP contribution in [0.25, 0.3) is 11.2 Å². The zero-order valence-corrected chi connectivity index (χ0v) is 9.45. The fraction of sp³-hybridized carbons (Fsp3) is 0.500. The van der Waals surface area contributed by atoms with Gasteiger partial charge in [0.2, 0.25) is 11.8 Å². The van der Waals surface area contributed by atoms with E-state index in [1.807, 2.05) is 6.92 Å². The third-order valence-electron chi connectivity index (χ3n) is 2.07. The van der Waals surface area contributed by atoms with Gasteiger partial charge in [-0.2, -0.15) is 9.97 Å². The van der Waals surface area contributed by atoms with Crippen LogP contribution >= 0.6 is 0 Å². The number of aromatic amines is 1. The van der Waals surface area contributed by atoms with E-state index in [4.69, 9.17) is 4.74 Å². The van der Waals surface area contributed by atoms with Crippen molar-refractivity contribution in [3.8, 4) is 5.88 Å². The number of aromatic nitrogens is 4. The molecule has 2 aromatic rings. The summed E-state index contributed by atoms with van der Waals surface area (Å²) in [7, 11) is 0. The number of imidazole rings is 1. The first-order chi connectivity index (χ1) is 7.85. The van der Waals surface area contributed by atoms with Crippen LogP contribution in [0, 0.1) is 0 Å². The van der Waals surface area contributed by atoms with Crippen LogP contribution in [0.1, 0.15) is 20.3 Å². The Morgan fingerprint density at radius 1 is 1.38 bits per heavy atom. The maximum Gasteiger partial charge on any atom is 0.245 e. The Hall–Kier alpha value is -1.85. The second kappa shape index (κ2) is 4.78. The van der Waals surface area contributed by atoms with Gasteiger partial charge in [0.15, 0.2) is 5.65 Å². The Labute approximate surface area is 93.5 Å². The highest BCUT2D eigenvalue weighted by Gasteiger charge is 2.09. The molecule has 0 amide bonds. The first-order valence-electron chi connectivity index (χ1n) is 5.43. The molecule has 2 N–H and O–H groups in total. The molecule has 0 radical (unpaired) electrons. The molecule has 0 saturated carbocycles. The van der Waals surface area contributed by atoms with E-state index >= 15 is 0 Å². The molecule has 6 nitrogen and oxygen atoms in total. The molecule has 0 unspecified atom stereocenters. The number of H-pyrrole nitrogens is 1. The molecule has 0 aliphatic carbocycles. The largest absolute Gasteiger partial charge is 0.476 e. The lowest BCUT2D eigenvalue weighted by Crippen LogP contribution is -2.06. The smallest absolute Gasteiger partial charge is 0.245 e. The van der Waals surface area contributed by atoms with Gasteiger partial charge in [0.05, 0.1) is 12.9 Å². The highest BCUT2D eigenvalue weighted by atomic mass is 16.5. The average molecular weight is 221 g/mol. The summed E-state index contributed by atoms with van der Waals surface area (Å²) < 4.78 is 5.44. The normalized spacial score (nSPS) is 10.6. The van der Waals surface area contributed by atoms with Crippen molar-refractivity contribution in [2.24, 2.45) is 0 Å². The van der Waals surface area contributed by atoms with Crippen molar-refractivity contribution in [3.63, 3.8) is 0 Å². The summed E-state index contributed by atoms with van der Waals surface area (Å²) >= 11 is 0. The average Bonchev–Trinajstić information content (AvgIpc) is 2.75. The lowest BCUT2D eigenvalue weighted by atomic mass is 10.5. The predicted octanol–water partition coefficient (Wildman–Crippen LogP) is 1.57. The fourth-order valence-corrected chi connectivity index (χ4v) is 1.36. The molecule has 0 aliphatic rings. The highest BCUT2D eigenvalue weighted by molar-refractivity contribution is 5.76. The Balaban J connectivity index is 2.36. The minimum Gasteiger partial charge on any atom is -0.476 e. The Morgan fingerprint density at radius 2 is 2.25 bits per heavy atom. The minimum atomic E-state index is 0.545. The zero-order chi connectivity index (χ0) is 11.4. The molecule has 0 fully saturated rings. The molecule has 2 heterocycles. The van der Waals surface area contributed by atoms with Gasteiger partial charge in [-0.15, -0.1) is 0 Å². The molecule has 2 rings (SSSR count). The van der Waals surface area contributed by atoms with Crippen LogP contribution < -0.4 is 10.1 Å². The number of nitrogens with zero attached hydrogens (tertiary/aromatic N) is 3. The van der Waals surface area contributed by atoms with Gasteiger partial charge in [0.1, 0.15) is 5.52 Å². The van der Waals surface area contributed by atoms with Gasteiger partial charge in [-0.05, 0) is 13.3 Å². The molecule has 2 aromatic heterocycles. The van der Waals surface area contributed by atoms with Crippen LogP contribution in [-0.4, -0.2) is 33.1 Å². The number of hydrogen-bond acceptors (Lipinski definition) is 5. The summed E-state index contributed by atoms with van der Waals surface area (Å²) in [6.45, 7) is 5.41. The van der Waals surface area contributed by atoms with E-state index in [9.17, 15) is 0 Å². The third kappa shape index (κ3) is 2.05. The van der Waals surface area contributed by atoms with Crippen LogP contribution in [0.15, 0.2) is 6.33 Å². The molecule has 86 valence electrons. The van der Waals surface area contributed by atoms with Gasteiger partial charge in [0.25, 0.3) is 0 Å². The zero-order valence-electron chi connectivity index (χ0n) is 9.45. The summed E-state index contributed by atoms with van der Waals surface area (Å²) in [5.74, 6) is 1.11. The van der Waals surface area contributed by atoms with Crippen LogP contribution in [0.5, 0.6) is 5.88 Å². The molecular formula is C10H15N5O. The van der Waals surface area contributed by atoms with Crippen LogP contribution in [0.4, 0.5) is 5.95 Å². The van der Waals surface area contributed by atoms with Crippen molar-refractivity contribution in [2.75, 3.05) is 18.5 Å². The SMILES string of the molecule is CCCNc1nc(OCC)c2[nH]cnc2n1. The van der Waals surface area contributed by atoms with Crippen LogP contribution in [-0.2, 0) is 0 Å². The summed E-state index contributed by atoms with van der Waals surface area (Å²) in [5.41, 5.74) is 1.36. The van der Waals surface area contributed by atoms with Gasteiger partial charge in [-0.3, -0.25) is 0 Å². The standard InChI is InChI=1S/C10H15N5O/c1-3-5-11-10-14-8-7(12-6-13-8)9(15-10)16-4-2/h6H,3-5H2,1-2H3,(H2,11,12,13,14,15). The third-order valence-corrected chi connectivity index (χ3v) is 2.07. The monoisotopic (exact) mass is 221 g/mol. The number of fused-ring (bicyclic) bond motifs is 1. The van der Waals surface area contributed by atoms with Crippen LogP contribution in [0.2, 0.25) is 0 Å². The number of ether oxygens (including phenoxy) is 1. The van der Waals surface area contributed by atoms with E-state index in [-0.39, 0.29) is 0 Å². The molecular weight excluding hydrogens is 206 g/mol. The van der Waals surface area contributed by atoms with Gasteiger partial charge in [0, 0.05) is 6.54 Å². The summed E-state index contributed by atoms with van der Waals surface area (Å²) in [5, 5.41) is 3.12. The number of hydrogen-bond donors (Lipinski definition) is 2. The van der Waals surface area contributed by atoms with Crippen molar-refractivity contribution >= 4 is 17.1 Å². The Morgan fingerprint density at radius 3 is 3.00 bits per heavy atom. The molecule has 0 aliphatic heterocycles. The van der Waals surface area contributed by atoms with Crippen molar-refractivity contribution in [2.45, 2.75) is 20.3 Å². The number of nitrogens with one attached hydrogen (secondary N) is 2. The van der Waals surface area contributed by atoms with E-state index < -0.39 is 0 Å². The van der Waals surface area contributed by atoms with E-state index in [0.29, 0.717) is 24.1 Å².